The van der Waals surface area contributed by atoms with Gasteiger partial charge in [-0.3, -0.25) is 9.36 Å². The lowest BCUT2D eigenvalue weighted by atomic mass is 9.96. The molecule has 4 aromatic rings. The van der Waals surface area contributed by atoms with Gasteiger partial charge < -0.3 is 14.2 Å². The molecule has 0 radical (unpaired) electrons. The van der Waals surface area contributed by atoms with Crippen LogP contribution in [0.25, 0.3) is 6.08 Å². The third-order valence-electron chi connectivity index (χ3n) is 6.89. The van der Waals surface area contributed by atoms with Gasteiger partial charge in [-0.05, 0) is 93.1 Å². The summed E-state index contributed by atoms with van der Waals surface area (Å²) in [6, 6.07) is 18.7. The van der Waals surface area contributed by atoms with E-state index in [1.54, 1.807) is 61.4 Å². The third kappa shape index (κ3) is 6.81. The lowest BCUT2D eigenvalue weighted by Gasteiger charge is -2.25. The van der Waals surface area contributed by atoms with E-state index < -0.39 is 12.0 Å². The summed E-state index contributed by atoms with van der Waals surface area (Å²) >= 11 is 2.88. The number of aromatic nitrogens is 1. The van der Waals surface area contributed by atoms with Crippen LogP contribution in [0.4, 0.5) is 4.39 Å². The van der Waals surface area contributed by atoms with Crippen LogP contribution in [-0.4, -0.2) is 29.5 Å². The van der Waals surface area contributed by atoms with Crippen molar-refractivity contribution in [3.8, 4) is 11.5 Å². The van der Waals surface area contributed by atoms with Gasteiger partial charge in [0, 0.05) is 4.90 Å². The molecule has 0 saturated heterocycles. The molecule has 1 aliphatic rings. The maximum Gasteiger partial charge on any atom is 0.338 e. The number of allylic oxidation sites excluding steroid dienone is 1. The van der Waals surface area contributed by atoms with Gasteiger partial charge in [0.2, 0.25) is 0 Å². The van der Waals surface area contributed by atoms with E-state index in [1.165, 1.54) is 23.5 Å². The number of thioether (sulfide) groups is 1. The SMILES string of the molecule is CCOc1cc(/C=c2\sc3n(c2=O)[C@H](c2ccc(SC)cc2)C(C(=O)OC(C)C)=C(C)N=3)ccc1OCc1ccc(F)cc1. The number of rotatable bonds is 10. The van der Waals surface area contributed by atoms with Gasteiger partial charge in [-0.1, -0.05) is 41.7 Å². The van der Waals surface area contributed by atoms with Crippen LogP contribution < -0.4 is 24.4 Å². The molecule has 1 atom stereocenters. The summed E-state index contributed by atoms with van der Waals surface area (Å²) in [7, 11) is 0. The predicted molar refractivity (Wildman–Crippen MR) is 172 cm³/mol. The van der Waals surface area contributed by atoms with Crippen LogP contribution in [0.15, 0.2) is 92.7 Å². The lowest BCUT2D eigenvalue weighted by molar-refractivity contribution is -0.143. The molecule has 0 N–H and O–H groups in total. The Balaban J connectivity index is 1.55. The first-order valence-corrected chi connectivity index (χ1v) is 16.2. The zero-order valence-electron chi connectivity index (χ0n) is 25.1. The van der Waals surface area contributed by atoms with Crippen molar-refractivity contribution in [2.45, 2.75) is 51.3 Å². The molecule has 0 unspecified atom stereocenters. The Bertz CT molecular complexity index is 1880. The molecule has 1 aromatic heterocycles. The molecule has 3 aromatic carbocycles. The lowest BCUT2D eigenvalue weighted by Crippen LogP contribution is -2.40. The van der Waals surface area contributed by atoms with Crippen LogP contribution in [0.1, 0.15) is 50.4 Å². The van der Waals surface area contributed by atoms with E-state index in [0.717, 1.165) is 21.6 Å². The van der Waals surface area contributed by atoms with Gasteiger partial charge in [-0.25, -0.2) is 14.2 Å². The van der Waals surface area contributed by atoms with Crippen molar-refractivity contribution in [2.75, 3.05) is 12.9 Å². The largest absolute Gasteiger partial charge is 0.490 e. The van der Waals surface area contributed by atoms with Crippen molar-refractivity contribution in [3.05, 3.63) is 120 Å². The number of benzene rings is 3. The first-order chi connectivity index (χ1) is 21.2. The van der Waals surface area contributed by atoms with Gasteiger partial charge in [-0.15, -0.1) is 11.8 Å². The van der Waals surface area contributed by atoms with Crippen LogP contribution in [0.5, 0.6) is 11.5 Å². The zero-order chi connectivity index (χ0) is 31.4. The van der Waals surface area contributed by atoms with Crippen molar-refractivity contribution < 1.29 is 23.4 Å². The Morgan fingerprint density at radius 3 is 2.45 bits per heavy atom. The summed E-state index contributed by atoms with van der Waals surface area (Å²) in [5.74, 6) is 0.261. The van der Waals surface area contributed by atoms with Gasteiger partial charge >= 0.3 is 5.97 Å². The molecule has 7 nitrogen and oxygen atoms in total. The number of hydrogen-bond donors (Lipinski definition) is 0. The number of nitrogens with zero attached hydrogens (tertiary/aromatic N) is 2. The molecule has 0 saturated carbocycles. The summed E-state index contributed by atoms with van der Waals surface area (Å²) in [6.07, 6.45) is 3.46. The van der Waals surface area contributed by atoms with Crippen molar-refractivity contribution in [3.63, 3.8) is 0 Å². The summed E-state index contributed by atoms with van der Waals surface area (Å²) in [6.45, 7) is 7.90. The van der Waals surface area contributed by atoms with E-state index in [4.69, 9.17) is 14.2 Å². The first kappa shape index (κ1) is 31.3. The first-order valence-electron chi connectivity index (χ1n) is 14.2. The third-order valence-corrected chi connectivity index (χ3v) is 8.62. The highest BCUT2D eigenvalue weighted by Crippen LogP contribution is 2.32. The average Bonchev–Trinajstić information content (AvgIpc) is 3.30. The van der Waals surface area contributed by atoms with E-state index in [0.29, 0.717) is 38.7 Å². The van der Waals surface area contributed by atoms with Crippen LogP contribution >= 0.6 is 23.1 Å². The molecular formula is C34H33FN2O5S2. The fourth-order valence-corrected chi connectivity index (χ4v) is 6.31. The molecule has 0 bridgehead atoms. The average molecular weight is 633 g/mol. The highest BCUT2D eigenvalue weighted by atomic mass is 32.2. The van der Waals surface area contributed by atoms with Gasteiger partial charge in [-0.2, -0.15) is 0 Å². The van der Waals surface area contributed by atoms with Crippen molar-refractivity contribution >= 4 is 35.1 Å². The zero-order valence-corrected chi connectivity index (χ0v) is 26.8. The monoisotopic (exact) mass is 632 g/mol. The molecule has 5 rings (SSSR count). The molecule has 228 valence electrons. The number of hydrogen-bond acceptors (Lipinski definition) is 8. The highest BCUT2D eigenvalue weighted by Gasteiger charge is 2.33. The second kappa shape index (κ2) is 13.7. The second-order valence-corrected chi connectivity index (χ2v) is 12.3. The summed E-state index contributed by atoms with van der Waals surface area (Å²) in [5, 5.41) is 0. The van der Waals surface area contributed by atoms with Gasteiger partial charge in [0.1, 0.15) is 12.4 Å². The molecule has 44 heavy (non-hydrogen) atoms. The molecule has 1 aliphatic heterocycles. The number of ether oxygens (including phenoxy) is 3. The molecule has 0 fully saturated rings. The number of esters is 1. The minimum atomic E-state index is -0.684. The van der Waals surface area contributed by atoms with E-state index in [9.17, 15) is 14.0 Å². The maximum absolute atomic E-state index is 14.0. The normalized spacial score (nSPS) is 14.8. The van der Waals surface area contributed by atoms with E-state index in [2.05, 4.69) is 4.99 Å². The van der Waals surface area contributed by atoms with Crippen LogP contribution in [0, 0.1) is 5.82 Å². The fraction of sp³-hybridized carbons (Fsp3) is 0.265. The number of carbonyl (C=O) groups excluding carboxylic acids is 1. The Labute approximate surface area is 263 Å². The number of thiazole rings is 1. The maximum atomic E-state index is 14.0. The van der Waals surface area contributed by atoms with Crippen LogP contribution in [0.2, 0.25) is 0 Å². The van der Waals surface area contributed by atoms with E-state index in [-0.39, 0.29) is 24.1 Å². The number of fused-ring (bicyclic) bond motifs is 1. The number of halogens is 1. The molecule has 0 aliphatic carbocycles. The summed E-state index contributed by atoms with van der Waals surface area (Å²) < 4.78 is 32.7. The van der Waals surface area contributed by atoms with E-state index >= 15 is 0 Å². The minimum Gasteiger partial charge on any atom is -0.490 e. The summed E-state index contributed by atoms with van der Waals surface area (Å²) in [4.78, 5) is 33.6. The second-order valence-electron chi connectivity index (χ2n) is 10.4. The topological polar surface area (TPSA) is 79.1 Å². The van der Waals surface area contributed by atoms with Gasteiger partial charge in [0.25, 0.3) is 5.56 Å². The molecule has 0 amide bonds. The standard InChI is InChI=1S/C34H33FN2O5S2/c1-6-40-28-17-23(9-16-27(28)41-19-22-7-12-25(35)13-8-22)18-29-32(38)37-31(24-10-14-26(43-5)15-11-24)30(33(39)42-20(2)3)21(4)36-34(37)44-29/h7-18,20,31H,6,19H2,1-5H3/b29-18-/t31-/m1/s1. The van der Waals surface area contributed by atoms with Crippen molar-refractivity contribution in [2.24, 2.45) is 4.99 Å². The molecule has 10 heteroatoms. The van der Waals surface area contributed by atoms with Crippen molar-refractivity contribution in [1.82, 2.24) is 4.57 Å². The Morgan fingerprint density at radius 1 is 1.07 bits per heavy atom. The quantitative estimate of drug-likeness (QED) is 0.157. The molecular weight excluding hydrogens is 600 g/mol. The van der Waals surface area contributed by atoms with Crippen LogP contribution in [0.3, 0.4) is 0 Å². The van der Waals surface area contributed by atoms with E-state index in [1.807, 2.05) is 49.6 Å². The predicted octanol–water partition coefficient (Wildman–Crippen LogP) is 6.03. The van der Waals surface area contributed by atoms with Crippen LogP contribution in [-0.2, 0) is 16.1 Å². The highest BCUT2D eigenvalue weighted by molar-refractivity contribution is 7.98. The van der Waals surface area contributed by atoms with Gasteiger partial charge in [0.15, 0.2) is 16.3 Å². The van der Waals surface area contributed by atoms with Crippen molar-refractivity contribution in [1.29, 1.82) is 0 Å². The Morgan fingerprint density at radius 2 is 1.80 bits per heavy atom. The Kier molecular flexibility index (Phi) is 9.71. The summed E-state index contributed by atoms with van der Waals surface area (Å²) in [5.41, 5.74) is 2.96. The smallest absolute Gasteiger partial charge is 0.338 e. The molecule has 0 spiro atoms. The minimum absolute atomic E-state index is 0.247. The molecule has 2 heterocycles. The van der Waals surface area contributed by atoms with Gasteiger partial charge in [0.05, 0.1) is 34.6 Å². The Hall–Kier alpha value is -4.15. The fourth-order valence-electron chi connectivity index (χ4n) is 4.86. The number of carbonyl (C=O) groups is 1.